The van der Waals surface area contributed by atoms with Crippen LogP contribution in [0, 0.1) is 15.5 Å². The molecule has 0 saturated heterocycles. The van der Waals surface area contributed by atoms with Crippen LogP contribution in [0.4, 0.5) is 5.69 Å². The highest BCUT2D eigenvalue weighted by atomic mass is 79.9. The monoisotopic (exact) mass is 331 g/mol. The Hall–Kier alpha value is -0.750. The highest BCUT2D eigenvalue weighted by Gasteiger charge is 2.36. The van der Waals surface area contributed by atoms with Gasteiger partial charge in [0.2, 0.25) is 0 Å². The van der Waals surface area contributed by atoms with Gasteiger partial charge in [-0.15, -0.1) is 0 Å². The lowest BCUT2D eigenvalue weighted by Crippen LogP contribution is -2.37. The predicted octanol–water partition coefficient (Wildman–Crippen LogP) is 3.84. The molecule has 4 nitrogen and oxygen atoms in total. The molecule has 0 aromatic heterocycles. The molecule has 0 bridgehead atoms. The summed E-state index contributed by atoms with van der Waals surface area (Å²) in [4.78, 5) is 10.4. The van der Waals surface area contributed by atoms with Crippen molar-refractivity contribution in [3.63, 3.8) is 0 Å². The van der Waals surface area contributed by atoms with Gasteiger partial charge in [-0.05, 0) is 40.6 Å². The van der Waals surface area contributed by atoms with Gasteiger partial charge in [0.15, 0.2) is 0 Å². The first-order valence-corrected chi connectivity index (χ1v) is 7.17. The Morgan fingerprint density at radius 2 is 2.22 bits per heavy atom. The zero-order chi connectivity index (χ0) is 13.2. The van der Waals surface area contributed by atoms with Crippen LogP contribution in [0.25, 0.3) is 0 Å². The van der Waals surface area contributed by atoms with Crippen molar-refractivity contribution in [3.8, 4) is 5.75 Å². The van der Waals surface area contributed by atoms with Gasteiger partial charge in [0, 0.05) is 11.5 Å². The molecule has 98 valence electrons. The van der Waals surface area contributed by atoms with Crippen molar-refractivity contribution in [3.05, 3.63) is 32.8 Å². The second-order valence-electron chi connectivity index (χ2n) is 4.65. The van der Waals surface area contributed by atoms with Crippen LogP contribution < -0.4 is 4.74 Å². The summed E-state index contributed by atoms with van der Waals surface area (Å²) in [7, 11) is 0. The molecule has 0 aliphatic heterocycles. The molecule has 1 fully saturated rings. The van der Waals surface area contributed by atoms with Gasteiger partial charge >= 0.3 is 0 Å². The van der Waals surface area contributed by atoms with Gasteiger partial charge in [-0.2, -0.15) is 12.6 Å². The number of nitro benzene ring substituents is 1. The lowest BCUT2D eigenvalue weighted by Gasteiger charge is -2.40. The number of nitro groups is 1. The second kappa shape index (κ2) is 5.48. The first-order chi connectivity index (χ1) is 8.58. The summed E-state index contributed by atoms with van der Waals surface area (Å²) in [6, 6.07) is 4.82. The maximum Gasteiger partial charge on any atom is 0.287 e. The molecule has 1 saturated carbocycles. The fourth-order valence-corrected chi connectivity index (χ4v) is 2.94. The summed E-state index contributed by atoms with van der Waals surface area (Å²) in [6.07, 6.45) is 3.44. The molecule has 0 unspecified atom stereocenters. The molecule has 0 spiro atoms. The van der Waals surface area contributed by atoms with Crippen LogP contribution in [0.1, 0.15) is 19.3 Å². The van der Waals surface area contributed by atoms with Crippen molar-refractivity contribution in [2.45, 2.75) is 19.3 Å². The largest absolute Gasteiger partial charge is 0.492 e. The molecular weight excluding hydrogens is 318 g/mol. The summed E-state index contributed by atoms with van der Waals surface area (Å²) in [5, 5.41) is 10.8. The molecule has 1 aliphatic carbocycles. The lowest BCUT2D eigenvalue weighted by atomic mass is 9.71. The van der Waals surface area contributed by atoms with Gasteiger partial charge in [-0.25, -0.2) is 0 Å². The van der Waals surface area contributed by atoms with Crippen LogP contribution in [0.5, 0.6) is 5.75 Å². The molecule has 1 aliphatic rings. The average Bonchev–Trinajstić information content (AvgIpc) is 2.29. The molecule has 6 heteroatoms. The number of thiol groups is 1. The SMILES string of the molecule is O=[N+]([O-])c1cccc(OCC2(CS)CCC2)c1Br. The molecule has 0 N–H and O–H groups in total. The fourth-order valence-electron chi connectivity index (χ4n) is 2.01. The summed E-state index contributed by atoms with van der Waals surface area (Å²) >= 11 is 7.58. The van der Waals surface area contributed by atoms with Crippen molar-refractivity contribution < 1.29 is 9.66 Å². The zero-order valence-electron chi connectivity index (χ0n) is 9.76. The standard InChI is InChI=1S/C12H14BrNO3S/c13-11-9(14(15)16)3-1-4-10(11)17-7-12(8-18)5-2-6-12/h1,3-4,18H,2,5-8H2. The van der Waals surface area contributed by atoms with Crippen molar-refractivity contribution in [2.24, 2.45) is 5.41 Å². The molecule has 0 heterocycles. The van der Waals surface area contributed by atoms with Crippen molar-refractivity contribution in [1.82, 2.24) is 0 Å². The van der Waals surface area contributed by atoms with E-state index in [1.165, 1.54) is 12.5 Å². The van der Waals surface area contributed by atoms with E-state index in [4.69, 9.17) is 4.74 Å². The third-order valence-electron chi connectivity index (χ3n) is 3.42. The van der Waals surface area contributed by atoms with Crippen LogP contribution in [0.3, 0.4) is 0 Å². The van der Waals surface area contributed by atoms with Crippen LogP contribution in [0.15, 0.2) is 22.7 Å². The number of halogens is 1. The van der Waals surface area contributed by atoms with E-state index in [-0.39, 0.29) is 11.1 Å². The van der Waals surface area contributed by atoms with Crippen molar-refractivity contribution in [1.29, 1.82) is 0 Å². The van der Waals surface area contributed by atoms with E-state index in [1.807, 2.05) is 0 Å². The Bertz CT molecular complexity index is 457. The quantitative estimate of drug-likeness (QED) is 0.506. The molecule has 1 aromatic rings. The van der Waals surface area contributed by atoms with Gasteiger partial charge in [0.1, 0.15) is 10.2 Å². The number of nitrogens with zero attached hydrogens (tertiary/aromatic N) is 1. The normalized spacial score (nSPS) is 17.0. The van der Waals surface area contributed by atoms with E-state index in [2.05, 4.69) is 28.6 Å². The smallest absolute Gasteiger partial charge is 0.287 e. The molecular formula is C12H14BrNO3S. The summed E-state index contributed by atoms with van der Waals surface area (Å²) < 4.78 is 6.13. The van der Waals surface area contributed by atoms with Gasteiger partial charge < -0.3 is 4.74 Å². The van der Waals surface area contributed by atoms with Crippen LogP contribution >= 0.6 is 28.6 Å². The van der Waals surface area contributed by atoms with E-state index in [0.717, 1.165) is 18.6 Å². The molecule has 1 aromatic carbocycles. The van der Waals surface area contributed by atoms with E-state index in [1.54, 1.807) is 12.1 Å². The van der Waals surface area contributed by atoms with Gasteiger partial charge in [-0.3, -0.25) is 10.1 Å². The molecule has 2 rings (SSSR count). The first-order valence-electron chi connectivity index (χ1n) is 5.74. The van der Waals surface area contributed by atoms with Crippen LogP contribution in [-0.2, 0) is 0 Å². The summed E-state index contributed by atoms with van der Waals surface area (Å²) in [5.41, 5.74) is 0.175. The first kappa shape index (κ1) is 13.7. The van der Waals surface area contributed by atoms with E-state index < -0.39 is 4.92 Å². The van der Waals surface area contributed by atoms with Gasteiger partial charge in [0.05, 0.1) is 11.5 Å². The highest BCUT2D eigenvalue weighted by Crippen LogP contribution is 2.43. The Morgan fingerprint density at radius 1 is 1.50 bits per heavy atom. The molecule has 18 heavy (non-hydrogen) atoms. The minimum absolute atomic E-state index is 0.0287. The lowest BCUT2D eigenvalue weighted by molar-refractivity contribution is -0.385. The van der Waals surface area contributed by atoms with E-state index in [0.29, 0.717) is 16.8 Å². The molecule has 0 atom stereocenters. The van der Waals surface area contributed by atoms with Gasteiger partial charge in [0.25, 0.3) is 5.69 Å². The van der Waals surface area contributed by atoms with E-state index in [9.17, 15) is 10.1 Å². The maximum absolute atomic E-state index is 10.8. The Morgan fingerprint density at radius 3 is 2.72 bits per heavy atom. The average molecular weight is 332 g/mol. The molecule has 0 amide bonds. The molecule has 0 radical (unpaired) electrons. The third kappa shape index (κ3) is 2.64. The summed E-state index contributed by atoms with van der Waals surface area (Å²) in [6.45, 7) is 0.566. The minimum atomic E-state index is -0.422. The van der Waals surface area contributed by atoms with Crippen LogP contribution in [-0.4, -0.2) is 17.3 Å². The van der Waals surface area contributed by atoms with Crippen molar-refractivity contribution in [2.75, 3.05) is 12.4 Å². The Labute approximate surface area is 119 Å². The van der Waals surface area contributed by atoms with Gasteiger partial charge in [-0.1, -0.05) is 12.5 Å². The number of hydrogen-bond donors (Lipinski definition) is 1. The fraction of sp³-hybridized carbons (Fsp3) is 0.500. The maximum atomic E-state index is 10.8. The zero-order valence-corrected chi connectivity index (χ0v) is 12.2. The predicted molar refractivity (Wildman–Crippen MR) is 76.4 cm³/mol. The number of benzene rings is 1. The van der Waals surface area contributed by atoms with E-state index >= 15 is 0 Å². The van der Waals surface area contributed by atoms with Crippen molar-refractivity contribution >= 4 is 34.2 Å². The van der Waals surface area contributed by atoms with Crippen LogP contribution in [0.2, 0.25) is 0 Å². The number of rotatable bonds is 5. The number of hydrogen-bond acceptors (Lipinski definition) is 4. The Balaban J connectivity index is 2.10. The number of ether oxygens (including phenoxy) is 1. The third-order valence-corrected chi connectivity index (χ3v) is 4.89. The Kier molecular flexibility index (Phi) is 4.17. The second-order valence-corrected chi connectivity index (χ2v) is 5.76. The highest BCUT2D eigenvalue weighted by molar-refractivity contribution is 9.10. The minimum Gasteiger partial charge on any atom is -0.492 e. The summed E-state index contributed by atoms with van der Waals surface area (Å²) in [5.74, 6) is 1.32. The topological polar surface area (TPSA) is 52.4 Å².